The molecule has 0 fully saturated rings. The fourth-order valence-corrected chi connectivity index (χ4v) is 4.78. The van der Waals surface area contributed by atoms with Crippen LogP contribution in [0, 0.1) is 5.82 Å². The van der Waals surface area contributed by atoms with Gasteiger partial charge in [-0.25, -0.2) is 17.5 Å². The zero-order valence-corrected chi connectivity index (χ0v) is 20.3. The molecule has 1 unspecified atom stereocenters. The molecule has 3 aromatic rings. The first-order valence-electron chi connectivity index (χ1n) is 11.0. The average Bonchev–Trinajstić information content (AvgIpc) is 3.10. The van der Waals surface area contributed by atoms with Crippen LogP contribution in [0.5, 0.6) is 11.5 Å². The molecule has 0 radical (unpaired) electrons. The molecule has 0 saturated carbocycles. The molecule has 12 heteroatoms. The highest BCUT2D eigenvalue weighted by Crippen LogP contribution is 2.24. The number of benzene rings is 3. The first-order chi connectivity index (χ1) is 17.6. The Kier molecular flexibility index (Phi) is 7.34. The Morgan fingerprint density at radius 3 is 2.00 bits per heavy atom. The Bertz CT molecular complexity index is 1410. The van der Waals surface area contributed by atoms with E-state index in [9.17, 15) is 32.4 Å². The number of rotatable bonds is 9. The topological polar surface area (TPSA) is 133 Å². The van der Waals surface area contributed by atoms with Crippen molar-refractivity contribution in [1.29, 1.82) is 0 Å². The number of nitrogens with one attached hydrogen (secondary N) is 1. The van der Waals surface area contributed by atoms with E-state index < -0.39 is 39.6 Å². The summed E-state index contributed by atoms with van der Waals surface area (Å²) in [5, 5.41) is 10.5. The van der Waals surface area contributed by atoms with Gasteiger partial charge in [0, 0.05) is 13.6 Å². The van der Waals surface area contributed by atoms with E-state index in [0.717, 1.165) is 11.9 Å². The third-order valence-corrected chi connectivity index (χ3v) is 7.04. The molecule has 1 atom stereocenters. The SMILES string of the molecule is CN(O)C(CCN1C(=O)c2ccccc2C1=O)C(=O)NS(=O)(=O)c1ccc(Oc2ccc(F)cc2)cc1. The van der Waals surface area contributed by atoms with Crippen molar-refractivity contribution in [3.63, 3.8) is 0 Å². The third kappa shape index (κ3) is 5.66. The van der Waals surface area contributed by atoms with Gasteiger partial charge in [-0.15, -0.1) is 0 Å². The fraction of sp³-hybridized carbons (Fsp3) is 0.160. The van der Waals surface area contributed by atoms with Crippen LogP contribution in [-0.2, 0) is 14.8 Å². The van der Waals surface area contributed by atoms with Crippen molar-refractivity contribution < 1.29 is 37.1 Å². The van der Waals surface area contributed by atoms with Crippen LogP contribution < -0.4 is 9.46 Å². The smallest absolute Gasteiger partial charge is 0.264 e. The fourth-order valence-electron chi connectivity index (χ4n) is 3.77. The predicted octanol–water partition coefficient (Wildman–Crippen LogP) is 2.80. The molecule has 3 aromatic carbocycles. The zero-order valence-electron chi connectivity index (χ0n) is 19.5. The third-order valence-electron chi connectivity index (χ3n) is 5.68. The maximum Gasteiger partial charge on any atom is 0.264 e. The summed E-state index contributed by atoms with van der Waals surface area (Å²) < 4.78 is 46.0. The molecule has 4 rings (SSSR count). The summed E-state index contributed by atoms with van der Waals surface area (Å²) >= 11 is 0. The van der Waals surface area contributed by atoms with E-state index in [1.54, 1.807) is 12.1 Å². The minimum atomic E-state index is -4.33. The monoisotopic (exact) mass is 527 g/mol. The van der Waals surface area contributed by atoms with Gasteiger partial charge in [0.15, 0.2) is 0 Å². The number of carbonyl (C=O) groups is 3. The average molecular weight is 528 g/mol. The highest BCUT2D eigenvalue weighted by Gasteiger charge is 2.36. The Labute approximate surface area is 211 Å². The summed E-state index contributed by atoms with van der Waals surface area (Å²) in [6.45, 7) is -0.217. The minimum absolute atomic E-state index is 0.217. The van der Waals surface area contributed by atoms with E-state index >= 15 is 0 Å². The molecule has 0 spiro atoms. The number of nitrogens with zero attached hydrogens (tertiary/aromatic N) is 2. The molecule has 1 aliphatic heterocycles. The molecule has 1 heterocycles. The first kappa shape index (κ1) is 25.9. The van der Waals surface area contributed by atoms with Gasteiger partial charge < -0.3 is 9.94 Å². The second kappa shape index (κ2) is 10.5. The molecule has 3 amide bonds. The first-order valence-corrected chi connectivity index (χ1v) is 12.5. The van der Waals surface area contributed by atoms with Crippen molar-refractivity contribution in [2.24, 2.45) is 0 Å². The van der Waals surface area contributed by atoms with Crippen molar-refractivity contribution in [3.05, 3.63) is 89.7 Å². The summed E-state index contributed by atoms with van der Waals surface area (Å²) in [5.74, 6) is -1.91. The number of hydrogen-bond acceptors (Lipinski definition) is 8. The van der Waals surface area contributed by atoms with Gasteiger partial charge in [0.2, 0.25) is 0 Å². The lowest BCUT2D eigenvalue weighted by Crippen LogP contribution is -2.47. The van der Waals surface area contributed by atoms with Crippen LogP contribution in [-0.4, -0.2) is 60.9 Å². The number of halogens is 1. The van der Waals surface area contributed by atoms with E-state index in [0.29, 0.717) is 10.8 Å². The van der Waals surface area contributed by atoms with Crippen LogP contribution in [0.3, 0.4) is 0 Å². The van der Waals surface area contributed by atoms with Crippen molar-refractivity contribution in [2.75, 3.05) is 13.6 Å². The van der Waals surface area contributed by atoms with Gasteiger partial charge in [0.05, 0.1) is 16.0 Å². The number of carbonyl (C=O) groups excluding carboxylic acids is 3. The Morgan fingerprint density at radius 2 is 1.49 bits per heavy atom. The van der Waals surface area contributed by atoms with Crippen LogP contribution in [0.4, 0.5) is 4.39 Å². The lowest BCUT2D eigenvalue weighted by atomic mass is 10.1. The maximum absolute atomic E-state index is 13.0. The van der Waals surface area contributed by atoms with Crippen molar-refractivity contribution in [3.8, 4) is 11.5 Å². The molecule has 0 aliphatic carbocycles. The summed E-state index contributed by atoms with van der Waals surface area (Å²) in [6, 6.07) is 15.3. The quantitative estimate of drug-likeness (QED) is 0.321. The molecule has 0 bridgehead atoms. The van der Waals surface area contributed by atoms with Crippen LogP contribution in [0.25, 0.3) is 0 Å². The maximum atomic E-state index is 13.0. The van der Waals surface area contributed by atoms with Crippen molar-refractivity contribution in [1.82, 2.24) is 14.7 Å². The summed E-state index contributed by atoms with van der Waals surface area (Å²) in [7, 11) is -3.17. The van der Waals surface area contributed by atoms with Gasteiger partial charge in [-0.3, -0.25) is 19.3 Å². The summed E-state index contributed by atoms with van der Waals surface area (Å²) in [6.07, 6.45) is -0.218. The van der Waals surface area contributed by atoms with Gasteiger partial charge >= 0.3 is 0 Å². The Balaban J connectivity index is 1.40. The molecular weight excluding hydrogens is 505 g/mol. The van der Waals surface area contributed by atoms with Crippen LogP contribution in [0.2, 0.25) is 0 Å². The normalized spacial score (nSPS) is 14.0. The summed E-state index contributed by atoms with van der Waals surface area (Å²) in [4.78, 5) is 38.5. The van der Waals surface area contributed by atoms with E-state index in [-0.39, 0.29) is 34.7 Å². The van der Waals surface area contributed by atoms with Gasteiger partial charge in [-0.05, 0) is 67.1 Å². The molecule has 0 saturated heterocycles. The van der Waals surface area contributed by atoms with E-state index in [1.165, 1.54) is 60.7 Å². The highest BCUT2D eigenvalue weighted by molar-refractivity contribution is 7.90. The standard InChI is InChI=1S/C25H22FN3O7S/c1-28(33)22(14-15-29-24(31)20-4-2-3-5-21(20)25(29)32)23(30)27-37(34,35)19-12-10-18(11-13-19)36-17-8-6-16(26)7-9-17/h2-13,22,33H,14-15H2,1H3,(H,27,30). The van der Waals surface area contributed by atoms with Crippen LogP contribution in [0.15, 0.2) is 77.7 Å². The molecule has 10 nitrogen and oxygen atoms in total. The lowest BCUT2D eigenvalue weighted by molar-refractivity contribution is -0.146. The summed E-state index contributed by atoms with van der Waals surface area (Å²) in [5.41, 5.74) is 0.473. The number of sulfonamides is 1. The van der Waals surface area contributed by atoms with Crippen LogP contribution in [0.1, 0.15) is 27.1 Å². The molecular formula is C25H22FN3O7S. The van der Waals surface area contributed by atoms with Gasteiger partial charge in [-0.2, -0.15) is 5.06 Å². The van der Waals surface area contributed by atoms with E-state index in [4.69, 9.17) is 4.74 Å². The van der Waals surface area contributed by atoms with Crippen molar-refractivity contribution in [2.45, 2.75) is 17.4 Å². The minimum Gasteiger partial charge on any atom is -0.457 e. The molecule has 1 aliphatic rings. The second-order valence-corrected chi connectivity index (χ2v) is 9.87. The number of hydroxylamine groups is 2. The zero-order chi connectivity index (χ0) is 26.7. The van der Waals surface area contributed by atoms with Crippen molar-refractivity contribution >= 4 is 27.7 Å². The highest BCUT2D eigenvalue weighted by atomic mass is 32.2. The molecule has 192 valence electrons. The number of hydrogen-bond donors (Lipinski definition) is 2. The lowest BCUT2D eigenvalue weighted by Gasteiger charge is -2.23. The van der Waals surface area contributed by atoms with E-state index in [1.807, 2.05) is 4.72 Å². The van der Waals surface area contributed by atoms with Gasteiger partial charge in [0.1, 0.15) is 23.4 Å². The number of likely N-dealkylation sites (N-methyl/N-ethyl adjacent to an activating group) is 1. The number of ether oxygens (including phenoxy) is 1. The van der Waals surface area contributed by atoms with Gasteiger partial charge in [0.25, 0.3) is 27.7 Å². The predicted molar refractivity (Wildman–Crippen MR) is 128 cm³/mol. The second-order valence-electron chi connectivity index (χ2n) is 8.18. The largest absolute Gasteiger partial charge is 0.457 e. The Morgan fingerprint density at radius 1 is 0.973 bits per heavy atom. The van der Waals surface area contributed by atoms with E-state index in [2.05, 4.69) is 0 Å². The number of imide groups is 1. The molecule has 37 heavy (non-hydrogen) atoms. The molecule has 0 aromatic heterocycles. The number of fused-ring (bicyclic) bond motifs is 1. The Hall–Kier alpha value is -4.13. The van der Waals surface area contributed by atoms with Gasteiger partial charge in [-0.1, -0.05) is 12.1 Å². The molecule has 2 N–H and O–H groups in total. The number of amides is 3. The van der Waals surface area contributed by atoms with Crippen LogP contribution >= 0.6 is 0 Å².